The normalized spacial score (nSPS) is 11.4. The minimum absolute atomic E-state index is 0.337. The van der Waals surface area contributed by atoms with Gasteiger partial charge in [-0.05, 0) is 38.7 Å². The number of imidazole rings is 1. The lowest BCUT2D eigenvalue weighted by Gasteiger charge is -2.13. The summed E-state index contributed by atoms with van der Waals surface area (Å²) < 4.78 is 7.72. The molecule has 2 heterocycles. The number of carboxylic acid groups (broad SMARTS) is 1. The van der Waals surface area contributed by atoms with Crippen LogP contribution in [0.4, 0.5) is 0 Å². The van der Waals surface area contributed by atoms with E-state index in [4.69, 9.17) is 15.1 Å². The van der Waals surface area contributed by atoms with Crippen LogP contribution >= 0.6 is 0 Å². The molecular formula is C21H24N4O3. The van der Waals surface area contributed by atoms with Crippen LogP contribution in [-0.4, -0.2) is 45.5 Å². The Morgan fingerprint density at radius 1 is 1.29 bits per heavy atom. The van der Waals surface area contributed by atoms with Gasteiger partial charge in [0.1, 0.15) is 12.6 Å². The number of likely N-dealkylation sites (N-methyl/N-ethyl adjacent to an activating group) is 1. The highest BCUT2D eigenvalue weighted by molar-refractivity contribution is 5.72. The standard InChI is InChI=1S/C16H13N3O.C5H11NO2/c17-9-8-14-11-18-16-15(7-4-10-19(14)16)20-12-13-5-2-1-3-6-13;1-4(5(7)8)6(2)3/h1-7,10-11H,8,12H2;4H,1-3H3,(H,7,8)/t;4-/m.0/s1. The summed E-state index contributed by atoms with van der Waals surface area (Å²) in [4.78, 5) is 16.1. The molecule has 3 aromatic rings. The van der Waals surface area contributed by atoms with Crippen LogP contribution in [0.15, 0.2) is 54.9 Å². The molecule has 146 valence electrons. The average Bonchev–Trinajstić information content (AvgIpc) is 3.11. The molecule has 0 fully saturated rings. The van der Waals surface area contributed by atoms with Gasteiger partial charge in [0, 0.05) is 6.20 Å². The number of nitrogens with zero attached hydrogens (tertiary/aromatic N) is 4. The largest absolute Gasteiger partial charge is 0.485 e. The van der Waals surface area contributed by atoms with E-state index in [0.29, 0.717) is 13.0 Å². The second-order valence-corrected chi connectivity index (χ2v) is 6.40. The molecule has 7 heteroatoms. The van der Waals surface area contributed by atoms with E-state index >= 15 is 0 Å². The van der Waals surface area contributed by atoms with E-state index in [1.54, 1.807) is 32.1 Å². The molecule has 0 amide bonds. The molecule has 0 spiro atoms. The minimum Gasteiger partial charge on any atom is -0.485 e. The Balaban J connectivity index is 0.000000300. The van der Waals surface area contributed by atoms with Crippen LogP contribution in [0.1, 0.15) is 18.2 Å². The maximum absolute atomic E-state index is 10.1. The van der Waals surface area contributed by atoms with E-state index < -0.39 is 5.97 Å². The van der Waals surface area contributed by atoms with Crippen molar-refractivity contribution in [3.05, 3.63) is 66.1 Å². The van der Waals surface area contributed by atoms with Crippen molar-refractivity contribution in [3.63, 3.8) is 0 Å². The molecule has 0 bridgehead atoms. The zero-order chi connectivity index (χ0) is 20.5. The fraction of sp³-hybridized carbons (Fsp3) is 0.286. The van der Waals surface area contributed by atoms with Gasteiger partial charge in [-0.1, -0.05) is 30.3 Å². The number of carbonyl (C=O) groups is 1. The van der Waals surface area contributed by atoms with E-state index in [9.17, 15) is 4.79 Å². The van der Waals surface area contributed by atoms with Crippen molar-refractivity contribution in [1.82, 2.24) is 14.3 Å². The van der Waals surface area contributed by atoms with Crippen molar-refractivity contribution in [3.8, 4) is 11.8 Å². The number of aromatic nitrogens is 2. The number of ether oxygens (including phenoxy) is 1. The number of rotatable bonds is 6. The Morgan fingerprint density at radius 3 is 2.57 bits per heavy atom. The highest BCUT2D eigenvalue weighted by Gasteiger charge is 2.11. The van der Waals surface area contributed by atoms with Crippen molar-refractivity contribution >= 4 is 11.6 Å². The molecule has 0 radical (unpaired) electrons. The number of fused-ring (bicyclic) bond motifs is 1. The van der Waals surface area contributed by atoms with Gasteiger partial charge in [-0.15, -0.1) is 0 Å². The van der Waals surface area contributed by atoms with Gasteiger partial charge in [0.25, 0.3) is 0 Å². The number of carboxylic acids is 1. The molecule has 1 aromatic carbocycles. The highest BCUT2D eigenvalue weighted by Crippen LogP contribution is 2.20. The summed E-state index contributed by atoms with van der Waals surface area (Å²) in [6, 6.07) is 15.5. The van der Waals surface area contributed by atoms with Gasteiger partial charge in [0.15, 0.2) is 11.4 Å². The molecular weight excluding hydrogens is 356 g/mol. The van der Waals surface area contributed by atoms with Crippen LogP contribution in [0.3, 0.4) is 0 Å². The van der Waals surface area contributed by atoms with Crippen LogP contribution in [0.25, 0.3) is 5.65 Å². The molecule has 28 heavy (non-hydrogen) atoms. The first-order valence-electron chi connectivity index (χ1n) is 8.82. The Kier molecular flexibility index (Phi) is 7.55. The van der Waals surface area contributed by atoms with E-state index in [0.717, 1.165) is 22.7 Å². The molecule has 1 N–H and O–H groups in total. The number of hydrogen-bond donors (Lipinski definition) is 1. The van der Waals surface area contributed by atoms with Crippen LogP contribution in [0.2, 0.25) is 0 Å². The van der Waals surface area contributed by atoms with Gasteiger partial charge in [-0.2, -0.15) is 5.26 Å². The summed E-state index contributed by atoms with van der Waals surface area (Å²) in [7, 11) is 3.47. The number of hydrogen-bond acceptors (Lipinski definition) is 5. The van der Waals surface area contributed by atoms with Gasteiger partial charge in [-0.3, -0.25) is 14.1 Å². The van der Waals surface area contributed by atoms with Crippen molar-refractivity contribution in [2.75, 3.05) is 14.1 Å². The number of aliphatic carboxylic acids is 1. The van der Waals surface area contributed by atoms with Gasteiger partial charge < -0.3 is 9.84 Å². The second kappa shape index (κ2) is 10.1. The van der Waals surface area contributed by atoms with Crippen LogP contribution in [-0.2, 0) is 17.8 Å². The summed E-state index contributed by atoms with van der Waals surface area (Å²) in [6.07, 6.45) is 3.95. The number of nitriles is 1. The Labute approximate surface area is 164 Å². The molecule has 0 saturated carbocycles. The fourth-order valence-electron chi connectivity index (χ4n) is 2.32. The number of pyridine rings is 1. The Hall–Kier alpha value is -3.37. The van der Waals surface area contributed by atoms with E-state index in [1.165, 1.54) is 0 Å². The Bertz CT molecular complexity index is 945. The molecule has 0 unspecified atom stereocenters. The molecule has 0 aliphatic carbocycles. The lowest BCUT2D eigenvalue weighted by atomic mass is 10.2. The molecule has 7 nitrogen and oxygen atoms in total. The molecule has 0 aliphatic heterocycles. The summed E-state index contributed by atoms with van der Waals surface area (Å²) in [5.41, 5.74) is 2.72. The maximum Gasteiger partial charge on any atom is 0.320 e. The first kappa shape index (κ1) is 20.9. The van der Waals surface area contributed by atoms with Crippen LogP contribution < -0.4 is 4.74 Å². The summed E-state index contributed by atoms with van der Waals surface area (Å²) in [5.74, 6) is -0.0597. The Morgan fingerprint density at radius 2 is 2.00 bits per heavy atom. The monoisotopic (exact) mass is 380 g/mol. The molecule has 0 saturated heterocycles. The first-order valence-corrected chi connectivity index (χ1v) is 8.82. The van der Waals surface area contributed by atoms with Crippen molar-refractivity contribution in [1.29, 1.82) is 5.26 Å². The minimum atomic E-state index is -0.782. The van der Waals surface area contributed by atoms with Crippen molar-refractivity contribution < 1.29 is 14.6 Å². The maximum atomic E-state index is 10.1. The summed E-state index contributed by atoms with van der Waals surface area (Å²) >= 11 is 0. The average molecular weight is 380 g/mol. The van der Waals surface area contributed by atoms with Gasteiger partial charge in [0.2, 0.25) is 0 Å². The molecule has 3 rings (SSSR count). The first-order chi connectivity index (χ1) is 13.4. The second-order valence-electron chi connectivity index (χ2n) is 6.40. The quantitative estimate of drug-likeness (QED) is 0.707. The van der Waals surface area contributed by atoms with E-state index in [1.807, 2.05) is 53.1 Å². The zero-order valence-corrected chi connectivity index (χ0v) is 16.2. The zero-order valence-electron chi connectivity index (χ0n) is 16.2. The molecule has 2 aromatic heterocycles. The van der Waals surface area contributed by atoms with E-state index in [-0.39, 0.29) is 6.04 Å². The molecule has 1 atom stereocenters. The van der Waals surface area contributed by atoms with Crippen molar-refractivity contribution in [2.45, 2.75) is 26.0 Å². The van der Waals surface area contributed by atoms with Gasteiger partial charge in [-0.25, -0.2) is 4.98 Å². The predicted octanol–water partition coefficient (Wildman–Crippen LogP) is 3.00. The number of benzene rings is 1. The fourth-order valence-corrected chi connectivity index (χ4v) is 2.32. The topological polar surface area (TPSA) is 90.9 Å². The summed E-state index contributed by atoms with van der Waals surface area (Å²) in [5, 5.41) is 17.1. The van der Waals surface area contributed by atoms with Gasteiger partial charge in [0.05, 0.1) is 24.4 Å². The highest BCUT2D eigenvalue weighted by atomic mass is 16.5. The third-order valence-corrected chi connectivity index (χ3v) is 4.21. The van der Waals surface area contributed by atoms with Gasteiger partial charge >= 0.3 is 5.97 Å². The molecule has 0 aliphatic rings. The third kappa shape index (κ3) is 5.56. The SMILES string of the molecule is C[C@@H](C(=O)O)N(C)C.N#CCc1cnc2c(OCc3ccccc3)cccn12. The lowest BCUT2D eigenvalue weighted by Crippen LogP contribution is -2.32. The van der Waals surface area contributed by atoms with Crippen LogP contribution in [0, 0.1) is 11.3 Å². The lowest BCUT2D eigenvalue weighted by molar-refractivity contribution is -0.141. The summed E-state index contributed by atoms with van der Waals surface area (Å²) in [6.45, 7) is 2.14. The predicted molar refractivity (Wildman–Crippen MR) is 106 cm³/mol. The third-order valence-electron chi connectivity index (χ3n) is 4.21. The van der Waals surface area contributed by atoms with E-state index in [2.05, 4.69) is 11.1 Å². The van der Waals surface area contributed by atoms with Crippen LogP contribution in [0.5, 0.6) is 5.75 Å². The van der Waals surface area contributed by atoms with Crippen molar-refractivity contribution in [2.24, 2.45) is 0 Å². The smallest absolute Gasteiger partial charge is 0.320 e.